The molecule has 0 unspecified atom stereocenters. The van der Waals surface area contributed by atoms with Crippen LogP contribution in [0.5, 0.6) is 0 Å². The Balaban J connectivity index is 1.24. The van der Waals surface area contributed by atoms with E-state index in [2.05, 4.69) is 73.6 Å². The van der Waals surface area contributed by atoms with E-state index in [9.17, 15) is 9.90 Å². The molecule has 1 heterocycles. The lowest BCUT2D eigenvalue weighted by Gasteiger charge is -2.43. The monoisotopic (exact) mass is 730 g/mol. The lowest BCUT2D eigenvalue weighted by atomic mass is 9.89. The number of likely N-dealkylation sites (N-methyl/N-ethyl adjacent to an activating group) is 1. The van der Waals surface area contributed by atoms with Gasteiger partial charge in [0.15, 0.2) is 6.29 Å². The highest BCUT2D eigenvalue weighted by atomic mass is 35.6. The molecule has 0 saturated carbocycles. The molecule has 5 aromatic rings. The van der Waals surface area contributed by atoms with E-state index in [1.54, 1.807) is 0 Å². The number of hydrogen-bond donors (Lipinski definition) is 2. The normalized spacial score (nSPS) is 20.2. The van der Waals surface area contributed by atoms with Gasteiger partial charge in [0, 0.05) is 30.6 Å². The molecule has 6 rings (SSSR count). The fourth-order valence-electron chi connectivity index (χ4n) is 6.54. The average molecular weight is 732 g/mol. The van der Waals surface area contributed by atoms with Gasteiger partial charge < -0.3 is 19.9 Å². The second-order valence-electron chi connectivity index (χ2n) is 13.0. The highest BCUT2D eigenvalue weighted by Gasteiger charge is 2.39. The number of hydrogen-bond acceptors (Lipinski definition) is 5. The van der Waals surface area contributed by atoms with Gasteiger partial charge in [-0.1, -0.05) is 151 Å². The number of alkyl halides is 3. The van der Waals surface area contributed by atoms with Crippen LogP contribution in [0, 0.1) is 5.92 Å². The highest BCUT2D eigenvalue weighted by Crippen LogP contribution is 2.43. The van der Waals surface area contributed by atoms with Crippen molar-refractivity contribution in [1.82, 2.24) is 10.2 Å². The summed E-state index contributed by atoms with van der Waals surface area (Å²) in [7, 11) is 2.15. The van der Waals surface area contributed by atoms with Crippen LogP contribution < -0.4 is 5.32 Å². The average Bonchev–Trinajstić information content (AvgIpc) is 3.14. The first-order valence-corrected chi connectivity index (χ1v) is 17.9. The van der Waals surface area contributed by atoms with Crippen molar-refractivity contribution in [3.05, 3.63) is 143 Å². The second kappa shape index (κ2) is 15.8. The molecule has 6 nitrogen and oxygen atoms in total. The largest absolute Gasteiger partial charge is 0.392 e. The molecule has 0 bridgehead atoms. The third-order valence-corrected chi connectivity index (χ3v) is 10.2. The van der Waals surface area contributed by atoms with Gasteiger partial charge in [-0.3, -0.25) is 9.69 Å². The minimum Gasteiger partial charge on any atom is -0.392 e. The van der Waals surface area contributed by atoms with Crippen LogP contribution in [-0.2, 0) is 27.4 Å². The van der Waals surface area contributed by atoms with Crippen molar-refractivity contribution in [3.63, 3.8) is 0 Å². The summed E-state index contributed by atoms with van der Waals surface area (Å²) in [5, 5.41) is 14.8. The SMILES string of the molecule is C[C@H]1[C@@H](CN(C)[C@H](C)c2ccc3ccccc3c2)O[C@@H](c2ccc(-c3ccccc3CNC(=O)C(Cl)(Cl)Cl)cc2)O[C@H]1c1ccc(CO)cc1. The summed E-state index contributed by atoms with van der Waals surface area (Å²) in [6.07, 6.45) is -0.958. The van der Waals surface area contributed by atoms with Gasteiger partial charge in [0.1, 0.15) is 0 Å². The summed E-state index contributed by atoms with van der Waals surface area (Å²) in [5.74, 6) is -0.632. The number of carbonyl (C=O) groups excluding carboxylic acids is 1. The molecule has 260 valence electrons. The Bertz CT molecular complexity index is 1910. The van der Waals surface area contributed by atoms with Crippen LogP contribution in [0.2, 0.25) is 0 Å². The number of nitrogens with zero attached hydrogens (tertiary/aromatic N) is 1. The van der Waals surface area contributed by atoms with E-state index in [1.807, 2.05) is 72.8 Å². The van der Waals surface area contributed by atoms with E-state index < -0.39 is 16.0 Å². The number of ether oxygens (including phenoxy) is 2. The summed E-state index contributed by atoms with van der Waals surface area (Å²) in [6, 6.07) is 39.1. The zero-order valence-corrected chi connectivity index (χ0v) is 30.5. The summed E-state index contributed by atoms with van der Waals surface area (Å²) >= 11 is 17.3. The summed E-state index contributed by atoms with van der Waals surface area (Å²) in [5.41, 5.74) is 6.85. The Hall–Kier alpha value is -3.46. The third kappa shape index (κ3) is 8.35. The summed E-state index contributed by atoms with van der Waals surface area (Å²) in [6.45, 7) is 5.31. The van der Waals surface area contributed by atoms with E-state index in [1.165, 1.54) is 16.3 Å². The van der Waals surface area contributed by atoms with Gasteiger partial charge >= 0.3 is 0 Å². The van der Waals surface area contributed by atoms with E-state index >= 15 is 0 Å². The van der Waals surface area contributed by atoms with Crippen LogP contribution in [0.25, 0.3) is 21.9 Å². The number of rotatable bonds is 10. The zero-order chi connectivity index (χ0) is 35.4. The molecule has 1 fully saturated rings. The van der Waals surface area contributed by atoms with E-state index in [0.717, 1.165) is 33.4 Å². The van der Waals surface area contributed by atoms with Crippen LogP contribution in [0.4, 0.5) is 0 Å². The molecule has 5 atom stereocenters. The maximum atomic E-state index is 12.2. The number of halogens is 3. The molecule has 0 aliphatic carbocycles. The zero-order valence-electron chi connectivity index (χ0n) is 28.2. The quantitative estimate of drug-likeness (QED) is 0.140. The van der Waals surface area contributed by atoms with E-state index in [-0.39, 0.29) is 37.3 Å². The third-order valence-electron chi connectivity index (χ3n) is 9.72. The molecule has 2 N–H and O–H groups in total. The first-order valence-electron chi connectivity index (χ1n) is 16.7. The Labute approximate surface area is 308 Å². The van der Waals surface area contributed by atoms with Gasteiger partial charge in [0.2, 0.25) is 0 Å². The fourth-order valence-corrected chi connectivity index (χ4v) is 6.74. The Morgan fingerprint density at radius 2 is 1.52 bits per heavy atom. The van der Waals surface area contributed by atoms with Gasteiger partial charge in [0.05, 0.1) is 18.8 Å². The van der Waals surface area contributed by atoms with Crippen molar-refractivity contribution >= 4 is 51.5 Å². The molecule has 1 saturated heterocycles. The summed E-state index contributed by atoms with van der Waals surface area (Å²) in [4.78, 5) is 14.5. The van der Waals surface area contributed by atoms with Crippen LogP contribution in [-0.4, -0.2) is 39.4 Å². The van der Waals surface area contributed by atoms with Crippen molar-refractivity contribution in [1.29, 1.82) is 0 Å². The van der Waals surface area contributed by atoms with Crippen LogP contribution in [0.3, 0.4) is 0 Å². The minimum atomic E-state index is -2.03. The highest BCUT2D eigenvalue weighted by molar-refractivity contribution is 6.76. The molecule has 5 aromatic carbocycles. The molecular weight excluding hydrogens is 691 g/mol. The van der Waals surface area contributed by atoms with Crippen molar-refractivity contribution in [3.8, 4) is 11.1 Å². The van der Waals surface area contributed by atoms with Crippen molar-refractivity contribution in [2.75, 3.05) is 13.6 Å². The first-order chi connectivity index (χ1) is 24.0. The number of benzene rings is 5. The van der Waals surface area contributed by atoms with Crippen LogP contribution in [0.15, 0.2) is 115 Å². The van der Waals surface area contributed by atoms with Gasteiger partial charge in [0.25, 0.3) is 9.70 Å². The van der Waals surface area contributed by atoms with Crippen molar-refractivity contribution in [2.24, 2.45) is 5.92 Å². The molecule has 0 radical (unpaired) electrons. The molecule has 1 aliphatic rings. The Morgan fingerprint density at radius 3 is 2.22 bits per heavy atom. The molecule has 50 heavy (non-hydrogen) atoms. The maximum Gasteiger partial charge on any atom is 0.272 e. The number of nitrogens with one attached hydrogen (secondary N) is 1. The van der Waals surface area contributed by atoms with Crippen LogP contribution in [0.1, 0.15) is 60.1 Å². The lowest BCUT2D eigenvalue weighted by molar-refractivity contribution is -0.276. The molecule has 1 amide bonds. The van der Waals surface area contributed by atoms with Gasteiger partial charge in [-0.25, -0.2) is 0 Å². The molecule has 9 heteroatoms. The standard InChI is InChI=1S/C41H41Cl3N2O4/c1-26-37(24-46(3)27(2)33-21-16-29-8-4-5-9-34(29)22-33)49-39(50-38(26)31-14-12-28(25-47)13-15-31)32-19-17-30(18-20-32)36-11-7-6-10-35(36)23-45-40(48)41(42,43)44/h4-22,26-27,37-39,47H,23-25H2,1-3H3,(H,45,48)/t26-,27+,37+,38+,39+/m0/s1. The Morgan fingerprint density at radius 1 is 0.860 bits per heavy atom. The smallest absolute Gasteiger partial charge is 0.272 e. The Kier molecular flexibility index (Phi) is 11.5. The predicted molar refractivity (Wildman–Crippen MR) is 202 cm³/mol. The molecule has 1 aliphatic heterocycles. The number of aliphatic hydroxyl groups excluding tert-OH is 1. The van der Waals surface area contributed by atoms with Gasteiger partial charge in [-0.15, -0.1) is 0 Å². The van der Waals surface area contributed by atoms with Crippen LogP contribution >= 0.6 is 34.8 Å². The van der Waals surface area contributed by atoms with Crippen molar-refractivity contribution < 1.29 is 19.4 Å². The fraction of sp³-hybridized carbons (Fsp3) is 0.293. The minimum absolute atomic E-state index is 0.0120. The molecule has 0 aromatic heterocycles. The lowest BCUT2D eigenvalue weighted by Crippen LogP contribution is -2.44. The predicted octanol–water partition coefficient (Wildman–Crippen LogP) is 9.47. The van der Waals surface area contributed by atoms with Gasteiger partial charge in [-0.05, 0) is 64.2 Å². The van der Waals surface area contributed by atoms with Gasteiger partial charge in [-0.2, -0.15) is 0 Å². The second-order valence-corrected chi connectivity index (χ2v) is 15.3. The molecule has 0 spiro atoms. The maximum absolute atomic E-state index is 12.2. The summed E-state index contributed by atoms with van der Waals surface area (Å²) < 4.78 is 11.5. The number of fused-ring (bicyclic) bond motifs is 1. The number of carbonyl (C=O) groups is 1. The number of amides is 1. The van der Waals surface area contributed by atoms with E-state index in [0.29, 0.717) is 6.54 Å². The topological polar surface area (TPSA) is 71.0 Å². The number of aliphatic hydroxyl groups is 1. The first kappa shape index (κ1) is 36.3. The van der Waals surface area contributed by atoms with E-state index in [4.69, 9.17) is 44.3 Å². The van der Waals surface area contributed by atoms with Crippen molar-refractivity contribution in [2.45, 2.75) is 55.3 Å². The molecular formula is C41H41Cl3N2O4.